The molecule has 1 saturated heterocycles. The van der Waals surface area contributed by atoms with E-state index >= 15 is 0 Å². The first-order chi connectivity index (χ1) is 32.8. The molecule has 0 aliphatic carbocycles. The fourth-order valence-corrected chi connectivity index (χ4v) is 6.80. The Balaban J connectivity index is 2.09. The van der Waals surface area contributed by atoms with Crippen LogP contribution in [-0.4, -0.2) is 194 Å². The summed E-state index contributed by atoms with van der Waals surface area (Å²) in [6.45, 7) is 3.34. The van der Waals surface area contributed by atoms with Crippen LogP contribution >= 0.6 is 0 Å². The summed E-state index contributed by atoms with van der Waals surface area (Å²) >= 11 is 0. The number of benzene rings is 1. The number of carboxylic acids is 1. The van der Waals surface area contributed by atoms with Crippen molar-refractivity contribution < 1.29 is 83.6 Å². The molecule has 1 aromatic rings. The van der Waals surface area contributed by atoms with Crippen molar-refractivity contribution in [3.63, 3.8) is 0 Å². The van der Waals surface area contributed by atoms with E-state index in [4.69, 9.17) is 16.2 Å². The van der Waals surface area contributed by atoms with E-state index < -0.39 is 152 Å². The molecule has 8 amide bonds. The molecule has 0 unspecified atom stereocenters. The zero-order chi connectivity index (χ0) is 52.9. The minimum atomic E-state index is -2.22. The fourth-order valence-electron chi connectivity index (χ4n) is 6.80. The Morgan fingerprint density at radius 3 is 1.74 bits per heavy atom. The van der Waals surface area contributed by atoms with Crippen molar-refractivity contribution in [2.24, 2.45) is 17.4 Å². The highest BCUT2D eigenvalue weighted by Crippen LogP contribution is 2.23. The number of carbonyl (C=O) groups is 9. The number of carboxylic acid groups (broad SMARTS) is 1. The second-order valence-electron chi connectivity index (χ2n) is 17.4. The van der Waals surface area contributed by atoms with Crippen LogP contribution in [-0.2, 0) is 54.3 Å². The molecule has 1 aliphatic rings. The van der Waals surface area contributed by atoms with Crippen LogP contribution in [0.5, 0.6) is 0 Å². The van der Waals surface area contributed by atoms with Gasteiger partial charge in [0.05, 0.1) is 38.8 Å². The van der Waals surface area contributed by atoms with Crippen LogP contribution in [0.15, 0.2) is 30.3 Å². The van der Waals surface area contributed by atoms with E-state index in [1.807, 2.05) is 13.8 Å². The second-order valence-corrected chi connectivity index (χ2v) is 17.4. The van der Waals surface area contributed by atoms with Gasteiger partial charge in [-0.25, -0.2) is 0 Å². The van der Waals surface area contributed by atoms with Gasteiger partial charge in [0.25, 0.3) is 0 Å². The fraction of sp³-hybridized carbons (Fsp3) is 0.651. The zero-order valence-electron chi connectivity index (χ0n) is 39.5. The van der Waals surface area contributed by atoms with Crippen LogP contribution in [0.1, 0.15) is 65.4 Å². The van der Waals surface area contributed by atoms with E-state index in [-0.39, 0.29) is 51.1 Å². The normalized spacial score (nSPS) is 21.2. The molecule has 70 heavy (non-hydrogen) atoms. The summed E-state index contributed by atoms with van der Waals surface area (Å²) in [5, 5.41) is 88.8. The summed E-state index contributed by atoms with van der Waals surface area (Å²) in [6, 6.07) is -3.35. The summed E-state index contributed by atoms with van der Waals surface area (Å²) in [5.74, 6) is -11.8. The number of aliphatic carboxylic acids is 1. The lowest BCUT2D eigenvalue weighted by molar-refractivity contribution is -0.317. The molecule has 0 saturated carbocycles. The Kier molecular flexibility index (Phi) is 25.2. The molecule has 1 heterocycles. The van der Waals surface area contributed by atoms with Gasteiger partial charge in [0.2, 0.25) is 53.0 Å². The van der Waals surface area contributed by atoms with Gasteiger partial charge >= 0.3 is 5.97 Å². The highest BCUT2D eigenvalue weighted by Gasteiger charge is 2.48. The summed E-state index contributed by atoms with van der Waals surface area (Å²) in [4.78, 5) is 116. The predicted molar refractivity (Wildman–Crippen MR) is 244 cm³/mol. The molecular weight excluding hydrogens is 929 g/mol. The van der Waals surface area contributed by atoms with Gasteiger partial charge in [0, 0.05) is 6.42 Å². The van der Waals surface area contributed by atoms with Gasteiger partial charge in [-0.1, -0.05) is 44.2 Å². The second kappa shape index (κ2) is 29.3. The number of ether oxygens (including phenoxy) is 1. The van der Waals surface area contributed by atoms with Crippen molar-refractivity contribution >= 4 is 53.2 Å². The molecule has 27 nitrogen and oxygen atoms in total. The molecule has 12 atom stereocenters. The topological polar surface area (TPSA) is 453 Å². The van der Waals surface area contributed by atoms with Gasteiger partial charge in [-0.2, -0.15) is 0 Å². The molecule has 1 aliphatic heterocycles. The Labute approximate surface area is 403 Å². The van der Waals surface area contributed by atoms with E-state index in [2.05, 4.69) is 42.5 Å². The van der Waals surface area contributed by atoms with Crippen LogP contribution in [0, 0.1) is 5.92 Å². The third-order valence-electron chi connectivity index (χ3n) is 10.9. The first-order valence-electron chi connectivity index (χ1n) is 22.6. The summed E-state index contributed by atoms with van der Waals surface area (Å²) in [7, 11) is 0. The molecule has 0 aromatic heterocycles. The molecule has 0 bridgehead atoms. The number of aliphatic hydroxyl groups excluding tert-OH is 5. The largest absolute Gasteiger partial charge is 0.481 e. The monoisotopic (exact) mass is 998 g/mol. The maximum Gasteiger partial charge on any atom is 0.305 e. The number of nitrogens with one attached hydrogen (secondary N) is 8. The van der Waals surface area contributed by atoms with E-state index in [0.29, 0.717) is 5.56 Å². The Hall–Kier alpha value is -5.91. The number of rotatable bonds is 30. The molecule has 1 fully saturated rings. The number of amides is 8. The van der Waals surface area contributed by atoms with Gasteiger partial charge in [0.1, 0.15) is 60.6 Å². The molecule has 19 N–H and O–H groups in total. The van der Waals surface area contributed by atoms with E-state index in [1.54, 1.807) is 30.3 Å². The maximum absolute atomic E-state index is 13.5. The minimum Gasteiger partial charge on any atom is -0.481 e. The zero-order valence-corrected chi connectivity index (χ0v) is 39.5. The van der Waals surface area contributed by atoms with Crippen LogP contribution < -0.4 is 54.0 Å². The minimum absolute atomic E-state index is 0.0399. The highest BCUT2D eigenvalue weighted by atomic mass is 16.6. The number of unbranched alkanes of at least 4 members (excludes halogenated alkanes) is 1. The van der Waals surface area contributed by atoms with Gasteiger partial charge in [-0.05, 0) is 57.6 Å². The first-order valence-corrected chi connectivity index (χ1v) is 22.6. The Morgan fingerprint density at radius 2 is 1.19 bits per heavy atom. The Morgan fingerprint density at radius 1 is 0.686 bits per heavy atom. The Bertz CT molecular complexity index is 1930. The number of hydrogen-bond donors (Lipinski definition) is 17. The van der Waals surface area contributed by atoms with Gasteiger partial charge in [0.15, 0.2) is 0 Å². The predicted octanol–water partition coefficient (Wildman–Crippen LogP) is -7.46. The van der Waals surface area contributed by atoms with E-state index in [9.17, 15) is 78.9 Å². The highest BCUT2D eigenvalue weighted by molar-refractivity contribution is 5.98. The van der Waals surface area contributed by atoms with Crippen molar-refractivity contribution in [2.75, 3.05) is 32.9 Å². The van der Waals surface area contributed by atoms with Crippen molar-refractivity contribution in [3.05, 3.63) is 35.9 Å². The van der Waals surface area contributed by atoms with Crippen molar-refractivity contribution in [2.45, 2.75) is 139 Å². The summed E-state index contributed by atoms with van der Waals surface area (Å²) in [5.41, 5.74) is 11.8. The smallest absolute Gasteiger partial charge is 0.305 e. The lowest BCUT2D eigenvalue weighted by atomic mass is 9.97. The number of aliphatic hydroxyl groups is 6. The molecule has 1 aromatic carbocycles. The van der Waals surface area contributed by atoms with Crippen molar-refractivity contribution in [1.29, 1.82) is 0 Å². The molecule has 0 radical (unpaired) electrons. The van der Waals surface area contributed by atoms with Gasteiger partial charge < -0.3 is 94.5 Å². The number of carbonyl (C=O) groups excluding carboxylic acids is 8. The number of primary amides is 1. The van der Waals surface area contributed by atoms with Gasteiger partial charge in [-0.3, -0.25) is 43.2 Å². The van der Waals surface area contributed by atoms with Crippen molar-refractivity contribution in [3.8, 4) is 0 Å². The molecule has 2 rings (SSSR count). The summed E-state index contributed by atoms with van der Waals surface area (Å²) < 4.78 is 5.08. The molecular formula is C43H70N10O17. The van der Waals surface area contributed by atoms with E-state index in [1.165, 1.54) is 6.92 Å². The SMILES string of the molecule is CC(C)C[C@H](NC(=O)[C@H](Cc1ccccc1)NC(=O)[C@H](CO)NC(=O)[C@H](C)NC(=O)[C@H](CO)NC(=O)[C@H](CC(=O)O)NC(=O)[C@H](CCCCNC[C@@]1(O)OC[C@@H](O)[C@@H](O)[C@@H]1O)NC(=O)[C@H](C)N)C(N)=O. The van der Waals surface area contributed by atoms with Crippen LogP contribution in [0.3, 0.4) is 0 Å². The lowest BCUT2D eigenvalue weighted by Crippen LogP contribution is -2.64. The van der Waals surface area contributed by atoms with E-state index in [0.717, 1.165) is 6.92 Å². The molecule has 394 valence electrons. The van der Waals surface area contributed by atoms with Gasteiger partial charge in [-0.15, -0.1) is 0 Å². The third-order valence-corrected chi connectivity index (χ3v) is 10.9. The van der Waals surface area contributed by atoms with Crippen LogP contribution in [0.25, 0.3) is 0 Å². The van der Waals surface area contributed by atoms with Crippen LogP contribution in [0.4, 0.5) is 0 Å². The first kappa shape index (κ1) is 60.2. The molecule has 27 heteroatoms. The lowest BCUT2D eigenvalue weighted by Gasteiger charge is -2.41. The quantitative estimate of drug-likeness (QED) is 0.0318. The third kappa shape index (κ3) is 19.8. The average molecular weight is 999 g/mol. The standard InChI is InChI=1S/C43H70N10O17/c1-21(2)14-26(35(45)61)49-39(65)27(15-24-10-6-5-7-11-24)50-42(68)30(18-55)52-37(63)23(4)47-41(67)29(17-54)53-40(66)28(16-32(57)58)51-38(64)25(48-36(62)22(3)44)12-8-9-13-46-20-43(69)34(60)33(59)31(56)19-70-43/h5-7,10-11,21-23,25-31,33-34,46,54-56,59-60,69H,8-9,12-20,44H2,1-4H3,(H2,45,61)(H,47,67)(H,48,62)(H,49,65)(H,50,68)(H,51,64)(H,52,63)(H,53,66)(H,57,58)/t22-,23-,25-,26-,27-,28-,29-,30-,31+,33+,34-,43+/m0/s1. The van der Waals surface area contributed by atoms with Crippen molar-refractivity contribution in [1.82, 2.24) is 42.5 Å². The average Bonchev–Trinajstić information content (AvgIpc) is 3.30. The maximum atomic E-state index is 13.5. The number of hydrogen-bond acceptors (Lipinski definition) is 18. The molecule has 0 spiro atoms. The summed E-state index contributed by atoms with van der Waals surface area (Å²) in [6.07, 6.45) is -5.45. The van der Waals surface area contributed by atoms with Crippen LogP contribution in [0.2, 0.25) is 0 Å². The number of nitrogens with two attached hydrogens (primary N) is 2.